The van der Waals surface area contributed by atoms with Crippen molar-refractivity contribution in [2.45, 2.75) is 44.8 Å². The summed E-state index contributed by atoms with van der Waals surface area (Å²) in [5, 5.41) is 8.60. The number of nitrogens with zero attached hydrogens (tertiary/aromatic N) is 1. The first-order chi connectivity index (χ1) is 10.2. The van der Waals surface area contributed by atoms with Crippen molar-refractivity contribution >= 4 is 17.6 Å². The molecule has 0 fully saturated rings. The Bertz CT molecular complexity index is 598. The maximum Gasteiger partial charge on any atom is 0.471 e. The number of alkyl halides is 3. The number of carbonyl (C=O) groups is 2. The van der Waals surface area contributed by atoms with Gasteiger partial charge in [-0.05, 0) is 43.4 Å². The number of halogens is 3. The Morgan fingerprint density at radius 2 is 2.05 bits per heavy atom. The second-order valence-corrected chi connectivity index (χ2v) is 5.44. The van der Waals surface area contributed by atoms with Gasteiger partial charge in [0.15, 0.2) is 0 Å². The minimum atomic E-state index is -4.89. The monoisotopic (exact) mass is 315 g/mol. The number of hydrogen-bond donors (Lipinski definition) is 1. The van der Waals surface area contributed by atoms with Gasteiger partial charge in [-0.2, -0.15) is 13.2 Å². The number of carbonyl (C=O) groups excluding carboxylic acids is 1. The Labute approximate surface area is 125 Å². The summed E-state index contributed by atoms with van der Waals surface area (Å²) in [6.07, 6.45) is -3.47. The van der Waals surface area contributed by atoms with Gasteiger partial charge in [0.25, 0.3) is 0 Å². The second-order valence-electron chi connectivity index (χ2n) is 5.44. The molecule has 120 valence electrons. The van der Waals surface area contributed by atoms with E-state index >= 15 is 0 Å². The number of hydrogen-bond acceptors (Lipinski definition) is 2. The van der Waals surface area contributed by atoms with Gasteiger partial charge in [-0.15, -0.1) is 0 Å². The molecule has 0 saturated heterocycles. The molecule has 0 radical (unpaired) electrons. The number of benzene rings is 1. The number of carboxylic acids is 1. The summed E-state index contributed by atoms with van der Waals surface area (Å²) in [5.41, 5.74) is 1.85. The van der Waals surface area contributed by atoms with Gasteiger partial charge in [0, 0.05) is 18.2 Å². The van der Waals surface area contributed by atoms with Gasteiger partial charge in [-0.3, -0.25) is 9.59 Å². The van der Waals surface area contributed by atoms with Gasteiger partial charge in [0.05, 0.1) is 0 Å². The van der Waals surface area contributed by atoms with Crippen molar-refractivity contribution < 1.29 is 27.9 Å². The van der Waals surface area contributed by atoms with Crippen LogP contribution in [0.25, 0.3) is 0 Å². The quantitative estimate of drug-likeness (QED) is 0.929. The third kappa shape index (κ3) is 3.40. The number of amides is 1. The van der Waals surface area contributed by atoms with Crippen LogP contribution in [0.15, 0.2) is 18.2 Å². The highest BCUT2D eigenvalue weighted by atomic mass is 19.4. The van der Waals surface area contributed by atoms with Crippen LogP contribution in [0.3, 0.4) is 0 Å². The lowest BCUT2D eigenvalue weighted by Crippen LogP contribution is -2.44. The molecule has 0 spiro atoms. The Morgan fingerprint density at radius 3 is 2.64 bits per heavy atom. The summed E-state index contributed by atoms with van der Waals surface area (Å²) in [5.74, 6) is -2.73. The van der Waals surface area contributed by atoms with E-state index in [0.29, 0.717) is 24.8 Å². The maximum atomic E-state index is 12.6. The number of fused-ring (bicyclic) bond motifs is 1. The van der Waals surface area contributed by atoms with E-state index in [1.54, 1.807) is 19.1 Å². The van der Waals surface area contributed by atoms with E-state index < -0.39 is 24.1 Å². The summed E-state index contributed by atoms with van der Waals surface area (Å²) in [6.45, 7) is 1.58. The standard InChI is InChI=1S/C15H16F3NO3/c1-9-7-11-8-10(3-2-4-13(20)21)5-6-12(11)19(9)14(22)15(16,17)18/h5-6,8-9H,2-4,7H2,1H3,(H,20,21). The Kier molecular flexibility index (Phi) is 4.44. The number of aliphatic carboxylic acids is 1. The SMILES string of the molecule is CC1Cc2cc(CCCC(=O)O)ccc2N1C(=O)C(F)(F)F. The normalized spacial score (nSPS) is 17.5. The van der Waals surface area contributed by atoms with Gasteiger partial charge in [0.1, 0.15) is 0 Å². The van der Waals surface area contributed by atoms with E-state index in [1.807, 2.05) is 0 Å². The average molecular weight is 315 g/mol. The van der Waals surface area contributed by atoms with Crippen LogP contribution in [-0.2, 0) is 22.4 Å². The van der Waals surface area contributed by atoms with Gasteiger partial charge in [-0.1, -0.05) is 12.1 Å². The van der Waals surface area contributed by atoms with Crippen LogP contribution in [-0.4, -0.2) is 29.2 Å². The molecule has 1 aliphatic rings. The summed E-state index contributed by atoms with van der Waals surface area (Å²) < 4.78 is 37.9. The molecule has 4 nitrogen and oxygen atoms in total. The van der Waals surface area contributed by atoms with E-state index in [4.69, 9.17) is 5.11 Å². The van der Waals surface area contributed by atoms with Crippen LogP contribution < -0.4 is 4.90 Å². The van der Waals surface area contributed by atoms with Gasteiger partial charge < -0.3 is 10.0 Å². The first-order valence-electron chi connectivity index (χ1n) is 6.94. The summed E-state index contributed by atoms with van der Waals surface area (Å²) in [7, 11) is 0. The summed E-state index contributed by atoms with van der Waals surface area (Å²) in [4.78, 5) is 22.8. The molecule has 1 aromatic carbocycles. The van der Waals surface area contributed by atoms with Crippen molar-refractivity contribution in [2.24, 2.45) is 0 Å². The zero-order chi connectivity index (χ0) is 16.5. The Hall–Kier alpha value is -2.05. The zero-order valence-electron chi connectivity index (χ0n) is 12.0. The van der Waals surface area contributed by atoms with Crippen molar-refractivity contribution in [1.29, 1.82) is 0 Å². The molecular weight excluding hydrogens is 299 g/mol. The molecule has 1 atom stereocenters. The molecule has 1 unspecified atom stereocenters. The van der Waals surface area contributed by atoms with Gasteiger partial charge in [-0.25, -0.2) is 0 Å². The molecular formula is C15H16F3NO3. The van der Waals surface area contributed by atoms with Crippen molar-refractivity contribution in [3.8, 4) is 0 Å². The minimum Gasteiger partial charge on any atom is -0.481 e. The van der Waals surface area contributed by atoms with Crippen LogP contribution in [0.4, 0.5) is 18.9 Å². The molecule has 1 amide bonds. The zero-order valence-corrected chi connectivity index (χ0v) is 12.0. The molecule has 22 heavy (non-hydrogen) atoms. The molecule has 0 bridgehead atoms. The maximum absolute atomic E-state index is 12.6. The van der Waals surface area contributed by atoms with Crippen molar-refractivity contribution in [3.63, 3.8) is 0 Å². The van der Waals surface area contributed by atoms with Crippen molar-refractivity contribution in [3.05, 3.63) is 29.3 Å². The van der Waals surface area contributed by atoms with Crippen LogP contribution in [0.1, 0.15) is 30.9 Å². The molecule has 1 heterocycles. The van der Waals surface area contributed by atoms with Crippen molar-refractivity contribution in [1.82, 2.24) is 0 Å². The molecule has 1 aromatic rings. The highest BCUT2D eigenvalue weighted by molar-refractivity contribution is 5.99. The number of rotatable bonds is 4. The van der Waals surface area contributed by atoms with E-state index in [0.717, 1.165) is 10.5 Å². The number of carboxylic acid groups (broad SMARTS) is 1. The smallest absolute Gasteiger partial charge is 0.471 e. The van der Waals surface area contributed by atoms with Crippen LogP contribution in [0.5, 0.6) is 0 Å². The highest BCUT2D eigenvalue weighted by Gasteiger charge is 2.46. The van der Waals surface area contributed by atoms with Crippen LogP contribution in [0.2, 0.25) is 0 Å². The lowest BCUT2D eigenvalue weighted by atomic mass is 10.0. The van der Waals surface area contributed by atoms with E-state index in [-0.39, 0.29) is 12.1 Å². The second kappa shape index (κ2) is 5.98. The third-order valence-electron chi connectivity index (χ3n) is 3.68. The molecule has 7 heteroatoms. The first kappa shape index (κ1) is 16.3. The molecule has 0 aromatic heterocycles. The number of aryl methyl sites for hydroxylation is 1. The fourth-order valence-corrected chi connectivity index (χ4v) is 2.73. The van der Waals surface area contributed by atoms with Gasteiger partial charge in [0.2, 0.25) is 0 Å². The van der Waals surface area contributed by atoms with E-state index in [1.165, 1.54) is 6.07 Å². The minimum absolute atomic E-state index is 0.0478. The Morgan fingerprint density at radius 1 is 1.36 bits per heavy atom. The molecule has 0 saturated carbocycles. The van der Waals surface area contributed by atoms with Crippen LogP contribution >= 0.6 is 0 Å². The molecule has 1 aliphatic heterocycles. The van der Waals surface area contributed by atoms with E-state index in [2.05, 4.69) is 0 Å². The number of anilines is 1. The van der Waals surface area contributed by atoms with Gasteiger partial charge >= 0.3 is 18.1 Å². The van der Waals surface area contributed by atoms with Crippen molar-refractivity contribution in [2.75, 3.05) is 4.90 Å². The first-order valence-corrected chi connectivity index (χ1v) is 6.94. The Balaban J connectivity index is 2.17. The highest BCUT2D eigenvalue weighted by Crippen LogP contribution is 2.36. The predicted octanol–water partition coefficient (Wildman–Crippen LogP) is 2.93. The third-order valence-corrected chi connectivity index (χ3v) is 3.68. The van der Waals surface area contributed by atoms with E-state index in [9.17, 15) is 22.8 Å². The topological polar surface area (TPSA) is 57.6 Å². The fourth-order valence-electron chi connectivity index (χ4n) is 2.73. The lowest BCUT2D eigenvalue weighted by Gasteiger charge is -2.23. The summed E-state index contributed by atoms with van der Waals surface area (Å²) in [6, 6.07) is 4.38. The molecule has 2 rings (SSSR count). The lowest BCUT2D eigenvalue weighted by molar-refractivity contribution is -0.170. The average Bonchev–Trinajstić information content (AvgIpc) is 2.71. The fraction of sp³-hybridized carbons (Fsp3) is 0.467. The molecule has 1 N–H and O–H groups in total. The largest absolute Gasteiger partial charge is 0.481 e. The van der Waals surface area contributed by atoms with Crippen LogP contribution in [0, 0.1) is 0 Å². The predicted molar refractivity (Wildman–Crippen MR) is 73.7 cm³/mol. The molecule has 0 aliphatic carbocycles. The summed E-state index contributed by atoms with van der Waals surface area (Å²) >= 11 is 0.